The number of nitrogens with one attached hydrogen (secondary N) is 1. The van der Waals surface area contributed by atoms with Gasteiger partial charge < -0.3 is 10.4 Å². The van der Waals surface area contributed by atoms with E-state index in [0.717, 1.165) is 22.5 Å². The van der Waals surface area contributed by atoms with Gasteiger partial charge in [-0.1, -0.05) is 23.8 Å². The van der Waals surface area contributed by atoms with Gasteiger partial charge in [0.1, 0.15) is 12.3 Å². The summed E-state index contributed by atoms with van der Waals surface area (Å²) in [4.78, 5) is 12.6. The second kappa shape index (κ2) is 7.94. The number of anilines is 1. The number of benzene rings is 2. The Kier molecular flexibility index (Phi) is 5.59. The number of halogens is 4. The van der Waals surface area contributed by atoms with Gasteiger partial charge in [0.15, 0.2) is 11.6 Å². The predicted molar refractivity (Wildman–Crippen MR) is 108 cm³/mol. The molecular formula is C20H16ClF3N2O4S. The van der Waals surface area contributed by atoms with E-state index in [9.17, 15) is 31.5 Å². The minimum Gasteiger partial charge on any atom is -0.389 e. The number of hydrogen-bond donors (Lipinski definition) is 2. The first-order valence-electron chi connectivity index (χ1n) is 9.19. The number of fused-ring (bicyclic) bond motifs is 1. The Morgan fingerprint density at radius 1 is 1.19 bits per heavy atom. The van der Waals surface area contributed by atoms with E-state index in [0.29, 0.717) is 17.5 Å². The van der Waals surface area contributed by atoms with Gasteiger partial charge in [-0.05, 0) is 35.7 Å². The number of carbonyl (C=O) groups excluding carboxylic acids is 1. The zero-order chi connectivity index (χ0) is 22.5. The molecule has 0 bridgehead atoms. The van der Waals surface area contributed by atoms with Crippen molar-refractivity contribution in [2.24, 2.45) is 0 Å². The molecule has 1 aliphatic carbocycles. The normalized spacial score (nSPS) is 20.8. The number of hydrogen-bond acceptors (Lipinski definition) is 4. The van der Waals surface area contributed by atoms with E-state index in [-0.39, 0.29) is 16.1 Å². The maximum atomic E-state index is 13.7. The third-order valence-corrected chi connectivity index (χ3v) is 7.26. The number of sulfonamides is 1. The van der Waals surface area contributed by atoms with E-state index in [2.05, 4.69) is 5.32 Å². The number of rotatable bonds is 4. The Labute approximate surface area is 181 Å². The molecule has 0 saturated carbocycles. The Morgan fingerprint density at radius 3 is 2.58 bits per heavy atom. The minimum absolute atomic E-state index is 0.0118. The topological polar surface area (TPSA) is 86.7 Å². The summed E-state index contributed by atoms with van der Waals surface area (Å²) in [6.45, 7) is -0.887. The van der Waals surface area contributed by atoms with Crippen LogP contribution in [-0.2, 0) is 16.4 Å². The van der Waals surface area contributed by atoms with Crippen LogP contribution in [0.1, 0.15) is 21.5 Å². The van der Waals surface area contributed by atoms with Gasteiger partial charge >= 0.3 is 0 Å². The Morgan fingerprint density at radius 2 is 1.94 bits per heavy atom. The number of β-amino-alcohol motifs (C(OH)–C–C–N with tert-alkyl or cyclic N) is 1. The zero-order valence-corrected chi connectivity index (χ0v) is 17.4. The molecular weight excluding hydrogens is 457 g/mol. The van der Waals surface area contributed by atoms with E-state index >= 15 is 0 Å². The van der Waals surface area contributed by atoms with Crippen molar-refractivity contribution in [1.29, 1.82) is 0 Å². The molecule has 6 nitrogen and oxygen atoms in total. The van der Waals surface area contributed by atoms with E-state index in [1.807, 2.05) is 0 Å². The summed E-state index contributed by atoms with van der Waals surface area (Å²) in [6, 6.07) is 4.32. The molecule has 4 rings (SSSR count). The Bertz CT molecular complexity index is 1190. The Balaban J connectivity index is 1.71. The second-order valence-electron chi connectivity index (χ2n) is 7.26. The first kappa shape index (κ1) is 21.8. The lowest BCUT2D eigenvalue weighted by molar-refractivity contribution is 0.102. The van der Waals surface area contributed by atoms with Crippen LogP contribution < -0.4 is 5.32 Å². The fourth-order valence-corrected chi connectivity index (χ4v) is 5.33. The smallest absolute Gasteiger partial charge is 0.256 e. The number of amides is 1. The lowest BCUT2D eigenvalue weighted by Crippen LogP contribution is -2.30. The average Bonchev–Trinajstić information content (AvgIpc) is 3.32. The highest BCUT2D eigenvalue weighted by Gasteiger charge is 2.39. The minimum atomic E-state index is -4.18. The van der Waals surface area contributed by atoms with Crippen LogP contribution in [0.3, 0.4) is 0 Å². The number of aliphatic hydroxyl groups is 1. The lowest BCUT2D eigenvalue weighted by atomic mass is 10.0. The van der Waals surface area contributed by atoms with Gasteiger partial charge in [-0.25, -0.2) is 21.6 Å². The molecule has 2 N–H and O–H groups in total. The number of carbonyl (C=O) groups is 1. The Hall–Kier alpha value is -2.40. The summed E-state index contributed by atoms with van der Waals surface area (Å²) in [7, 11) is -4.18. The largest absolute Gasteiger partial charge is 0.389 e. The highest BCUT2D eigenvalue weighted by molar-refractivity contribution is 7.89. The summed E-state index contributed by atoms with van der Waals surface area (Å²) in [5, 5.41) is 11.4. The van der Waals surface area contributed by atoms with E-state index < -0.39 is 58.0 Å². The van der Waals surface area contributed by atoms with Gasteiger partial charge in [-0.3, -0.25) is 4.79 Å². The summed E-state index contributed by atoms with van der Waals surface area (Å²) in [6.07, 6.45) is 0.641. The number of alkyl halides is 1. The third-order valence-electron chi connectivity index (χ3n) is 5.17. The van der Waals surface area contributed by atoms with Crippen LogP contribution in [0.2, 0.25) is 5.02 Å². The standard InChI is InChI=1S/C20H16ClF3N2O4S/c21-15-5-11(6-16(22)19(15)24)25-20(28)14-7-12(4-10-2-1-3-13(10)14)31(29,30)26-8-17(23)18(27)9-26/h1,3-7,17-18,27H,2,8-9H2,(H,25,28). The third kappa shape index (κ3) is 3.96. The molecule has 2 aliphatic rings. The first-order chi connectivity index (χ1) is 14.6. The fraction of sp³-hybridized carbons (Fsp3) is 0.250. The van der Waals surface area contributed by atoms with Crippen LogP contribution in [0.15, 0.2) is 35.2 Å². The molecule has 1 fully saturated rings. The van der Waals surface area contributed by atoms with Crippen LogP contribution in [0.4, 0.5) is 18.9 Å². The molecule has 0 spiro atoms. The van der Waals surface area contributed by atoms with Crippen molar-refractivity contribution < 1.29 is 31.5 Å². The van der Waals surface area contributed by atoms with E-state index in [1.165, 1.54) is 6.07 Å². The summed E-state index contributed by atoms with van der Waals surface area (Å²) in [5.41, 5.74) is 0.920. The van der Waals surface area contributed by atoms with Crippen LogP contribution in [0.5, 0.6) is 0 Å². The molecule has 11 heteroatoms. The van der Waals surface area contributed by atoms with Crippen LogP contribution in [-0.4, -0.2) is 49.1 Å². The first-order valence-corrected chi connectivity index (χ1v) is 11.0. The van der Waals surface area contributed by atoms with Crippen LogP contribution >= 0.6 is 11.6 Å². The quantitative estimate of drug-likeness (QED) is 0.669. The van der Waals surface area contributed by atoms with Crippen LogP contribution in [0.25, 0.3) is 6.08 Å². The average molecular weight is 473 g/mol. The summed E-state index contributed by atoms with van der Waals surface area (Å²) >= 11 is 5.61. The maximum absolute atomic E-state index is 13.7. The predicted octanol–water partition coefficient (Wildman–Crippen LogP) is 3.14. The summed E-state index contributed by atoms with van der Waals surface area (Å²) < 4.78 is 67.5. The van der Waals surface area contributed by atoms with Crippen LogP contribution in [0, 0.1) is 11.6 Å². The van der Waals surface area contributed by atoms with Gasteiger partial charge in [-0.2, -0.15) is 4.31 Å². The SMILES string of the molecule is O=C(Nc1cc(F)c(F)c(Cl)c1)c1cc(S(=O)(=O)N2CC(O)C(F)C2)cc2c1C=CC2. The molecule has 0 radical (unpaired) electrons. The van der Waals surface area contributed by atoms with Crippen molar-refractivity contribution in [2.75, 3.05) is 18.4 Å². The van der Waals surface area contributed by atoms with Gasteiger partial charge in [0.2, 0.25) is 10.0 Å². The van der Waals surface area contributed by atoms with Gasteiger partial charge in [0, 0.05) is 30.4 Å². The number of aliphatic hydroxyl groups excluding tert-OH is 1. The fourth-order valence-electron chi connectivity index (χ4n) is 3.58. The zero-order valence-electron chi connectivity index (χ0n) is 15.8. The molecule has 0 aromatic heterocycles. The maximum Gasteiger partial charge on any atom is 0.256 e. The second-order valence-corrected chi connectivity index (χ2v) is 9.61. The molecule has 2 atom stereocenters. The number of allylic oxidation sites excluding steroid dienone is 1. The molecule has 2 aromatic rings. The van der Waals surface area contributed by atoms with Gasteiger partial charge in [-0.15, -0.1) is 0 Å². The van der Waals surface area contributed by atoms with E-state index in [1.54, 1.807) is 12.2 Å². The molecule has 1 saturated heterocycles. The molecule has 2 unspecified atom stereocenters. The number of nitrogens with zero attached hydrogens (tertiary/aromatic N) is 1. The van der Waals surface area contributed by atoms with Crippen molar-refractivity contribution in [1.82, 2.24) is 4.31 Å². The van der Waals surface area contributed by atoms with Gasteiger partial charge in [0.05, 0.1) is 9.92 Å². The van der Waals surface area contributed by atoms with Crippen molar-refractivity contribution in [3.63, 3.8) is 0 Å². The monoisotopic (exact) mass is 472 g/mol. The molecule has 1 aliphatic heterocycles. The lowest BCUT2D eigenvalue weighted by Gasteiger charge is -2.18. The molecule has 1 amide bonds. The van der Waals surface area contributed by atoms with Gasteiger partial charge in [0.25, 0.3) is 5.91 Å². The van der Waals surface area contributed by atoms with Crippen molar-refractivity contribution in [3.8, 4) is 0 Å². The highest BCUT2D eigenvalue weighted by atomic mass is 35.5. The summed E-state index contributed by atoms with van der Waals surface area (Å²) in [5.74, 6) is -3.26. The highest BCUT2D eigenvalue weighted by Crippen LogP contribution is 2.31. The molecule has 2 aromatic carbocycles. The van der Waals surface area contributed by atoms with E-state index in [4.69, 9.17) is 11.6 Å². The van der Waals surface area contributed by atoms with Crippen molar-refractivity contribution in [2.45, 2.75) is 23.6 Å². The van der Waals surface area contributed by atoms with Crippen molar-refractivity contribution in [3.05, 3.63) is 63.7 Å². The van der Waals surface area contributed by atoms with Crippen molar-refractivity contribution >= 4 is 39.3 Å². The molecule has 31 heavy (non-hydrogen) atoms. The molecule has 164 valence electrons. The molecule has 1 heterocycles.